The highest BCUT2D eigenvalue weighted by Crippen LogP contribution is 2.16. The third-order valence-corrected chi connectivity index (χ3v) is 3.19. The Kier molecular flexibility index (Phi) is 4.34. The summed E-state index contributed by atoms with van der Waals surface area (Å²) in [5.41, 5.74) is -0.419. The minimum absolute atomic E-state index is 0.220. The first kappa shape index (κ1) is 14.2. The molecule has 19 heavy (non-hydrogen) atoms. The molecule has 2 aliphatic heterocycles. The molecule has 0 aromatic heterocycles. The standard InChI is InChI=1S/C14H24N2O3/c1-14(2,3)19-13(17)16-9-11(10-16)15-8-12-6-4-5-7-18-12/h5,7,11-12,15H,4,6,8-10H2,1-3H3. The van der Waals surface area contributed by atoms with Crippen molar-refractivity contribution >= 4 is 6.09 Å². The number of nitrogens with one attached hydrogen (secondary N) is 1. The van der Waals surface area contributed by atoms with Crippen molar-refractivity contribution in [1.82, 2.24) is 10.2 Å². The molecule has 1 N–H and O–H groups in total. The Balaban J connectivity index is 1.61. The summed E-state index contributed by atoms with van der Waals surface area (Å²) < 4.78 is 10.8. The van der Waals surface area contributed by atoms with Gasteiger partial charge in [0.15, 0.2) is 0 Å². The number of ether oxygens (including phenoxy) is 2. The van der Waals surface area contributed by atoms with Crippen LogP contribution in [0.4, 0.5) is 4.79 Å². The van der Waals surface area contributed by atoms with Crippen LogP contribution in [0.3, 0.4) is 0 Å². The second kappa shape index (κ2) is 5.82. The van der Waals surface area contributed by atoms with Crippen molar-refractivity contribution in [3.8, 4) is 0 Å². The molecule has 0 aromatic carbocycles. The number of hydrogen-bond donors (Lipinski definition) is 1. The lowest BCUT2D eigenvalue weighted by Crippen LogP contribution is -2.61. The number of allylic oxidation sites excluding steroid dienone is 1. The van der Waals surface area contributed by atoms with Gasteiger partial charge in [-0.15, -0.1) is 0 Å². The van der Waals surface area contributed by atoms with E-state index >= 15 is 0 Å². The monoisotopic (exact) mass is 268 g/mol. The highest BCUT2D eigenvalue weighted by atomic mass is 16.6. The van der Waals surface area contributed by atoms with Gasteiger partial charge in [-0.25, -0.2) is 4.79 Å². The van der Waals surface area contributed by atoms with E-state index in [1.807, 2.05) is 26.8 Å². The first-order valence-electron chi connectivity index (χ1n) is 6.96. The predicted molar refractivity (Wildman–Crippen MR) is 72.8 cm³/mol. The first-order chi connectivity index (χ1) is 8.94. The number of rotatable bonds is 3. The van der Waals surface area contributed by atoms with Crippen LogP contribution in [0.15, 0.2) is 12.3 Å². The fourth-order valence-corrected chi connectivity index (χ4v) is 2.12. The second-order valence-corrected chi connectivity index (χ2v) is 6.20. The molecule has 0 radical (unpaired) electrons. The molecule has 5 nitrogen and oxygen atoms in total. The van der Waals surface area contributed by atoms with Crippen LogP contribution in [0.1, 0.15) is 33.6 Å². The quantitative estimate of drug-likeness (QED) is 0.849. The zero-order valence-corrected chi connectivity index (χ0v) is 12.0. The van der Waals surface area contributed by atoms with E-state index in [9.17, 15) is 4.79 Å². The largest absolute Gasteiger partial charge is 0.497 e. The van der Waals surface area contributed by atoms with Crippen molar-refractivity contribution in [2.75, 3.05) is 19.6 Å². The zero-order chi connectivity index (χ0) is 13.9. The summed E-state index contributed by atoms with van der Waals surface area (Å²) in [4.78, 5) is 13.5. The van der Waals surface area contributed by atoms with E-state index in [1.54, 1.807) is 11.2 Å². The summed E-state index contributed by atoms with van der Waals surface area (Å²) in [6.07, 6.45) is 6.02. The summed E-state index contributed by atoms with van der Waals surface area (Å²) in [5.74, 6) is 0. The number of nitrogens with zero attached hydrogens (tertiary/aromatic N) is 1. The molecule has 0 aromatic rings. The molecular formula is C14H24N2O3. The van der Waals surface area contributed by atoms with Gasteiger partial charge in [-0.2, -0.15) is 0 Å². The predicted octanol–water partition coefficient (Wildman–Crippen LogP) is 1.89. The Morgan fingerprint density at radius 1 is 1.47 bits per heavy atom. The Hall–Kier alpha value is -1.23. The molecular weight excluding hydrogens is 244 g/mol. The number of hydrogen-bond acceptors (Lipinski definition) is 4. The summed E-state index contributed by atoms with van der Waals surface area (Å²) in [6.45, 7) is 7.93. The molecule has 1 saturated heterocycles. The molecule has 1 atom stereocenters. The minimum Gasteiger partial charge on any atom is -0.497 e. The van der Waals surface area contributed by atoms with Gasteiger partial charge >= 0.3 is 6.09 Å². The second-order valence-electron chi connectivity index (χ2n) is 6.20. The lowest BCUT2D eigenvalue weighted by molar-refractivity contribution is 0.00374. The van der Waals surface area contributed by atoms with Gasteiger partial charge in [-0.1, -0.05) is 0 Å². The first-order valence-corrected chi connectivity index (χ1v) is 6.96. The maximum absolute atomic E-state index is 11.7. The van der Waals surface area contributed by atoms with Gasteiger partial charge < -0.3 is 19.7 Å². The van der Waals surface area contributed by atoms with E-state index < -0.39 is 5.60 Å². The molecule has 5 heteroatoms. The van der Waals surface area contributed by atoms with Crippen LogP contribution in [0.5, 0.6) is 0 Å². The third kappa shape index (κ3) is 4.42. The topological polar surface area (TPSA) is 50.8 Å². The van der Waals surface area contributed by atoms with E-state index in [0.717, 1.165) is 32.5 Å². The van der Waals surface area contributed by atoms with Crippen molar-refractivity contribution in [3.63, 3.8) is 0 Å². The molecule has 2 heterocycles. The van der Waals surface area contributed by atoms with E-state index in [1.165, 1.54) is 0 Å². The molecule has 108 valence electrons. The average Bonchev–Trinajstić information content (AvgIpc) is 2.25. The zero-order valence-electron chi connectivity index (χ0n) is 12.0. The summed E-state index contributed by atoms with van der Waals surface area (Å²) >= 11 is 0. The number of likely N-dealkylation sites (tertiary alicyclic amines) is 1. The van der Waals surface area contributed by atoms with Crippen molar-refractivity contribution in [1.29, 1.82) is 0 Å². The molecule has 1 fully saturated rings. The Bertz CT molecular complexity index is 343. The fraction of sp³-hybridized carbons (Fsp3) is 0.786. The van der Waals surface area contributed by atoms with E-state index in [-0.39, 0.29) is 12.2 Å². The summed E-state index contributed by atoms with van der Waals surface area (Å²) in [6, 6.07) is 0.363. The van der Waals surface area contributed by atoms with Crippen LogP contribution in [0.2, 0.25) is 0 Å². The fourth-order valence-electron chi connectivity index (χ4n) is 2.12. The molecule has 0 saturated carbocycles. The van der Waals surface area contributed by atoms with Gasteiger partial charge in [-0.05, 0) is 39.7 Å². The van der Waals surface area contributed by atoms with Gasteiger partial charge in [0, 0.05) is 25.7 Å². The van der Waals surface area contributed by atoms with Crippen LogP contribution >= 0.6 is 0 Å². The van der Waals surface area contributed by atoms with Gasteiger partial charge in [0.05, 0.1) is 6.26 Å². The van der Waals surface area contributed by atoms with Crippen LogP contribution in [-0.4, -0.2) is 48.4 Å². The van der Waals surface area contributed by atoms with Gasteiger partial charge in [0.1, 0.15) is 11.7 Å². The highest BCUT2D eigenvalue weighted by molar-refractivity contribution is 5.69. The van der Waals surface area contributed by atoms with Crippen LogP contribution in [-0.2, 0) is 9.47 Å². The van der Waals surface area contributed by atoms with Crippen LogP contribution in [0, 0.1) is 0 Å². The summed E-state index contributed by atoms with van der Waals surface area (Å²) in [5, 5.41) is 3.43. The molecule has 1 amide bonds. The Morgan fingerprint density at radius 3 is 2.79 bits per heavy atom. The van der Waals surface area contributed by atoms with Crippen molar-refractivity contribution in [2.24, 2.45) is 0 Å². The summed E-state index contributed by atoms with van der Waals surface area (Å²) in [7, 11) is 0. The molecule has 2 aliphatic rings. The maximum atomic E-state index is 11.7. The van der Waals surface area contributed by atoms with Crippen LogP contribution < -0.4 is 5.32 Å². The molecule has 1 unspecified atom stereocenters. The smallest absolute Gasteiger partial charge is 0.410 e. The van der Waals surface area contributed by atoms with Crippen molar-refractivity contribution in [2.45, 2.75) is 51.4 Å². The molecule has 0 bridgehead atoms. The highest BCUT2D eigenvalue weighted by Gasteiger charge is 2.33. The Labute approximate surface area is 114 Å². The number of carbonyl (C=O) groups excluding carboxylic acids is 1. The molecule has 0 spiro atoms. The molecule has 2 rings (SSSR count). The maximum Gasteiger partial charge on any atom is 0.410 e. The lowest BCUT2D eigenvalue weighted by Gasteiger charge is -2.40. The average molecular weight is 268 g/mol. The third-order valence-electron chi connectivity index (χ3n) is 3.19. The van der Waals surface area contributed by atoms with Crippen LogP contribution in [0.25, 0.3) is 0 Å². The van der Waals surface area contributed by atoms with E-state index in [0.29, 0.717) is 6.04 Å². The van der Waals surface area contributed by atoms with Crippen molar-refractivity contribution < 1.29 is 14.3 Å². The van der Waals surface area contributed by atoms with Gasteiger partial charge in [0.2, 0.25) is 0 Å². The normalized spacial score (nSPS) is 23.7. The Morgan fingerprint density at radius 2 is 2.21 bits per heavy atom. The number of carbonyl (C=O) groups is 1. The van der Waals surface area contributed by atoms with E-state index in [2.05, 4.69) is 5.32 Å². The van der Waals surface area contributed by atoms with Crippen molar-refractivity contribution in [3.05, 3.63) is 12.3 Å². The van der Waals surface area contributed by atoms with Gasteiger partial charge in [-0.3, -0.25) is 0 Å². The SMILES string of the molecule is CC(C)(C)OC(=O)N1CC(NCC2CCC=CO2)C1. The number of amides is 1. The molecule has 0 aliphatic carbocycles. The van der Waals surface area contributed by atoms with E-state index in [4.69, 9.17) is 9.47 Å². The lowest BCUT2D eigenvalue weighted by atomic mass is 10.1. The minimum atomic E-state index is -0.419. The van der Waals surface area contributed by atoms with Gasteiger partial charge in [0.25, 0.3) is 0 Å².